The second kappa shape index (κ2) is 7.55. The molecule has 1 fully saturated rings. The normalized spacial score (nSPS) is 22.1. The Labute approximate surface area is 180 Å². The lowest BCUT2D eigenvalue weighted by Crippen LogP contribution is -2.27. The van der Waals surface area contributed by atoms with E-state index in [1.165, 1.54) is 0 Å². The minimum Gasteiger partial charge on any atom is -0.361 e. The van der Waals surface area contributed by atoms with Gasteiger partial charge in [-0.15, -0.1) is 0 Å². The first-order valence-corrected chi connectivity index (χ1v) is 10.7. The van der Waals surface area contributed by atoms with E-state index in [1.807, 2.05) is 43.7 Å². The van der Waals surface area contributed by atoms with Gasteiger partial charge in [-0.25, -0.2) is 9.37 Å². The fraction of sp³-hybridized carbons (Fsp3) is 0.292. The van der Waals surface area contributed by atoms with Crippen LogP contribution in [0.25, 0.3) is 16.6 Å². The van der Waals surface area contributed by atoms with Gasteiger partial charge in [0.05, 0.1) is 22.8 Å². The summed E-state index contributed by atoms with van der Waals surface area (Å²) in [4.78, 5) is 15.1. The number of nitrogens with one attached hydrogen (secondary N) is 1. The van der Waals surface area contributed by atoms with E-state index in [2.05, 4.69) is 21.8 Å². The number of likely N-dealkylation sites (tertiary alicyclic amines) is 1. The Hall–Kier alpha value is -2.66. The van der Waals surface area contributed by atoms with Crippen LogP contribution in [-0.4, -0.2) is 26.4 Å². The number of aromatic nitrogens is 3. The molecule has 3 heterocycles. The van der Waals surface area contributed by atoms with Gasteiger partial charge in [0.25, 0.3) is 0 Å². The summed E-state index contributed by atoms with van der Waals surface area (Å²) in [5.41, 5.74) is 5.56. The molecule has 1 aliphatic carbocycles. The Morgan fingerprint density at radius 1 is 1.27 bits per heavy atom. The molecule has 0 amide bonds. The molecule has 2 aromatic heterocycles. The highest BCUT2D eigenvalue weighted by atomic mass is 35.5. The van der Waals surface area contributed by atoms with E-state index in [9.17, 15) is 4.39 Å². The van der Waals surface area contributed by atoms with Crippen molar-refractivity contribution < 1.29 is 4.39 Å². The van der Waals surface area contributed by atoms with Gasteiger partial charge in [0, 0.05) is 41.9 Å². The SMILES string of the molecule is Cc1cc2[nH]c([C@@H]3[C@@H](C)CCN3C3=C(c4ccccn4)[CH]CC(F)=C3)nc2cc1Cl. The van der Waals surface area contributed by atoms with Gasteiger partial charge >= 0.3 is 0 Å². The average Bonchev–Trinajstić information content (AvgIpc) is 3.31. The van der Waals surface area contributed by atoms with E-state index in [1.54, 1.807) is 12.3 Å². The number of allylic oxidation sites excluding steroid dienone is 3. The van der Waals surface area contributed by atoms with Crippen LogP contribution in [0, 0.1) is 19.3 Å². The number of benzene rings is 1. The second-order valence-corrected chi connectivity index (χ2v) is 8.57. The Kier molecular flexibility index (Phi) is 4.86. The van der Waals surface area contributed by atoms with Crippen LogP contribution in [0.1, 0.15) is 42.9 Å². The summed E-state index contributed by atoms with van der Waals surface area (Å²) in [6, 6.07) is 9.80. The molecular weight excluding hydrogens is 399 g/mol. The summed E-state index contributed by atoms with van der Waals surface area (Å²) in [5, 5.41) is 0.712. The van der Waals surface area contributed by atoms with Crippen molar-refractivity contribution in [2.24, 2.45) is 5.92 Å². The Balaban J connectivity index is 1.61. The van der Waals surface area contributed by atoms with Crippen LogP contribution >= 0.6 is 11.6 Å². The summed E-state index contributed by atoms with van der Waals surface area (Å²) < 4.78 is 14.4. The summed E-state index contributed by atoms with van der Waals surface area (Å²) in [6.45, 7) is 5.05. The molecule has 2 atom stereocenters. The number of imidazole rings is 1. The molecule has 1 aromatic carbocycles. The Morgan fingerprint density at radius 3 is 2.93 bits per heavy atom. The van der Waals surface area contributed by atoms with Gasteiger partial charge in [-0.1, -0.05) is 24.6 Å². The van der Waals surface area contributed by atoms with Gasteiger partial charge in [-0.3, -0.25) is 4.98 Å². The maximum atomic E-state index is 14.4. The lowest BCUT2D eigenvalue weighted by molar-refractivity contribution is 0.291. The molecule has 0 saturated carbocycles. The summed E-state index contributed by atoms with van der Waals surface area (Å²) in [6.07, 6.45) is 6.69. The smallest absolute Gasteiger partial charge is 0.130 e. The van der Waals surface area contributed by atoms with Crippen molar-refractivity contribution in [3.05, 3.63) is 82.7 Å². The van der Waals surface area contributed by atoms with Crippen molar-refractivity contribution in [1.29, 1.82) is 0 Å². The molecule has 0 bridgehead atoms. The maximum absolute atomic E-state index is 14.4. The molecule has 3 aromatic rings. The van der Waals surface area contributed by atoms with Crippen molar-refractivity contribution in [2.75, 3.05) is 6.54 Å². The van der Waals surface area contributed by atoms with Crippen molar-refractivity contribution in [3.63, 3.8) is 0 Å². The molecule has 153 valence electrons. The number of hydrogen-bond donors (Lipinski definition) is 1. The standard InChI is InChI=1S/C24H23ClFN4/c1-14-8-10-30(22-12-16(26)6-7-17(22)19-5-3-4-9-27-19)23(14)24-28-20-11-15(2)18(25)13-21(20)29-24/h3-5,7,9,11-14,23H,6,8,10H2,1-2H3,(H,28,29)/t14-,23-/m0/s1. The largest absolute Gasteiger partial charge is 0.361 e. The zero-order valence-corrected chi connectivity index (χ0v) is 17.7. The minimum absolute atomic E-state index is 0.0285. The van der Waals surface area contributed by atoms with Gasteiger partial charge in [-0.05, 0) is 55.2 Å². The number of halogens is 2. The molecule has 1 radical (unpaired) electrons. The number of nitrogens with zero attached hydrogens (tertiary/aromatic N) is 3. The summed E-state index contributed by atoms with van der Waals surface area (Å²) in [5.74, 6) is 1.14. The zero-order valence-electron chi connectivity index (χ0n) is 17.0. The van der Waals surface area contributed by atoms with Crippen LogP contribution in [-0.2, 0) is 0 Å². The van der Waals surface area contributed by atoms with Crippen molar-refractivity contribution >= 4 is 28.2 Å². The van der Waals surface area contributed by atoms with E-state index in [0.717, 1.165) is 52.4 Å². The molecule has 1 saturated heterocycles. The van der Waals surface area contributed by atoms with Crippen LogP contribution in [0.2, 0.25) is 5.02 Å². The van der Waals surface area contributed by atoms with Gasteiger partial charge in [0.1, 0.15) is 11.7 Å². The molecular formula is C24H23ClFN4. The third kappa shape index (κ3) is 3.31. The van der Waals surface area contributed by atoms with Gasteiger partial charge in [0.15, 0.2) is 0 Å². The topological polar surface area (TPSA) is 44.8 Å². The lowest BCUT2D eigenvalue weighted by atomic mass is 9.95. The van der Waals surface area contributed by atoms with Crippen LogP contribution in [0.3, 0.4) is 0 Å². The predicted octanol–water partition coefficient (Wildman–Crippen LogP) is 6.18. The zero-order chi connectivity index (χ0) is 20.8. The number of aryl methyl sites for hydroxylation is 1. The second-order valence-electron chi connectivity index (χ2n) is 8.16. The molecule has 1 N–H and O–H groups in total. The molecule has 0 unspecified atom stereocenters. The number of hydrogen-bond acceptors (Lipinski definition) is 3. The molecule has 5 rings (SSSR count). The van der Waals surface area contributed by atoms with Crippen LogP contribution < -0.4 is 0 Å². The monoisotopic (exact) mass is 421 g/mol. The van der Waals surface area contributed by atoms with Crippen molar-refractivity contribution in [3.8, 4) is 0 Å². The van der Waals surface area contributed by atoms with Crippen LogP contribution in [0.5, 0.6) is 0 Å². The van der Waals surface area contributed by atoms with E-state index in [0.29, 0.717) is 17.4 Å². The van der Waals surface area contributed by atoms with Gasteiger partial charge < -0.3 is 9.88 Å². The lowest BCUT2D eigenvalue weighted by Gasteiger charge is -2.32. The fourth-order valence-corrected chi connectivity index (χ4v) is 4.68. The third-order valence-electron chi connectivity index (χ3n) is 6.08. The number of fused-ring (bicyclic) bond motifs is 1. The number of aromatic amines is 1. The first-order valence-electron chi connectivity index (χ1n) is 10.3. The van der Waals surface area contributed by atoms with Crippen molar-refractivity contribution in [2.45, 2.75) is 32.7 Å². The minimum atomic E-state index is -0.130. The van der Waals surface area contributed by atoms with Gasteiger partial charge in [0.2, 0.25) is 0 Å². The first-order chi connectivity index (χ1) is 14.5. The van der Waals surface area contributed by atoms with Crippen LogP contribution in [0.4, 0.5) is 4.39 Å². The molecule has 2 aliphatic rings. The summed E-state index contributed by atoms with van der Waals surface area (Å²) >= 11 is 6.31. The quantitative estimate of drug-likeness (QED) is 0.549. The predicted molar refractivity (Wildman–Crippen MR) is 118 cm³/mol. The van der Waals surface area contributed by atoms with Gasteiger partial charge in [-0.2, -0.15) is 0 Å². The Bertz CT molecular complexity index is 1130. The molecule has 4 nitrogen and oxygen atoms in total. The fourth-order valence-electron chi connectivity index (χ4n) is 4.52. The highest BCUT2D eigenvalue weighted by Crippen LogP contribution is 2.43. The average molecular weight is 422 g/mol. The first kappa shape index (κ1) is 19.3. The van der Waals surface area contributed by atoms with Crippen LogP contribution in [0.15, 0.2) is 54.1 Å². The Morgan fingerprint density at radius 2 is 2.13 bits per heavy atom. The molecule has 0 spiro atoms. The van der Waals surface area contributed by atoms with E-state index < -0.39 is 0 Å². The molecule has 6 heteroatoms. The number of rotatable bonds is 3. The van der Waals surface area contributed by atoms with E-state index in [4.69, 9.17) is 16.6 Å². The summed E-state index contributed by atoms with van der Waals surface area (Å²) in [7, 11) is 0. The van der Waals surface area contributed by atoms with E-state index >= 15 is 0 Å². The number of pyridine rings is 1. The highest BCUT2D eigenvalue weighted by molar-refractivity contribution is 6.32. The number of H-pyrrole nitrogens is 1. The molecule has 1 aliphatic heterocycles. The highest BCUT2D eigenvalue weighted by Gasteiger charge is 2.37. The molecule has 30 heavy (non-hydrogen) atoms. The van der Waals surface area contributed by atoms with Crippen molar-refractivity contribution in [1.82, 2.24) is 19.9 Å². The van der Waals surface area contributed by atoms with E-state index in [-0.39, 0.29) is 11.9 Å². The maximum Gasteiger partial charge on any atom is 0.130 e. The third-order valence-corrected chi connectivity index (χ3v) is 6.49.